The minimum Gasteiger partial charge on any atom is -0.388 e. The van der Waals surface area contributed by atoms with Crippen molar-refractivity contribution < 1.29 is 14.4 Å². The molecule has 3 heterocycles. The van der Waals surface area contributed by atoms with E-state index in [0.717, 1.165) is 22.6 Å². The molecule has 4 aromatic rings. The number of imidazole rings is 1. The van der Waals surface area contributed by atoms with E-state index in [4.69, 9.17) is 4.98 Å². The molecule has 0 aliphatic carbocycles. The SMILES string of the molecule is O=[N+]([O-])c1ccc(C(O)C2CCn3c2nc(-c2ccc(F)cc2)c3-c2ccncc2)cc1. The normalized spacial score (nSPS) is 16.0. The molecule has 160 valence electrons. The summed E-state index contributed by atoms with van der Waals surface area (Å²) < 4.78 is 15.6. The fourth-order valence-corrected chi connectivity index (χ4v) is 4.31. The van der Waals surface area contributed by atoms with Crippen LogP contribution in [-0.4, -0.2) is 24.6 Å². The molecule has 2 aromatic heterocycles. The molecule has 5 rings (SSSR count). The monoisotopic (exact) mass is 430 g/mol. The first-order chi connectivity index (χ1) is 15.5. The number of hydrogen-bond donors (Lipinski definition) is 1. The fourth-order valence-electron chi connectivity index (χ4n) is 4.31. The summed E-state index contributed by atoms with van der Waals surface area (Å²) in [5, 5.41) is 22.0. The van der Waals surface area contributed by atoms with Crippen molar-refractivity contribution in [1.82, 2.24) is 14.5 Å². The third-order valence-corrected chi connectivity index (χ3v) is 5.89. The van der Waals surface area contributed by atoms with E-state index in [9.17, 15) is 19.6 Å². The third kappa shape index (κ3) is 3.44. The molecule has 2 atom stereocenters. The van der Waals surface area contributed by atoms with Crippen molar-refractivity contribution in [3.05, 3.63) is 100 Å². The summed E-state index contributed by atoms with van der Waals surface area (Å²) in [6.45, 7) is 0.663. The zero-order valence-corrected chi connectivity index (χ0v) is 16.9. The molecule has 0 saturated heterocycles. The van der Waals surface area contributed by atoms with Gasteiger partial charge in [0, 0.05) is 48.1 Å². The van der Waals surface area contributed by atoms with Crippen LogP contribution in [0.2, 0.25) is 0 Å². The summed E-state index contributed by atoms with van der Waals surface area (Å²) in [4.78, 5) is 19.5. The number of fused-ring (bicyclic) bond motifs is 1. The van der Waals surface area contributed by atoms with Crippen LogP contribution in [0.4, 0.5) is 10.1 Å². The van der Waals surface area contributed by atoms with E-state index in [-0.39, 0.29) is 17.4 Å². The highest BCUT2D eigenvalue weighted by molar-refractivity contribution is 5.79. The fraction of sp³-hybridized carbons (Fsp3) is 0.167. The van der Waals surface area contributed by atoms with Crippen LogP contribution in [0.1, 0.15) is 29.8 Å². The molecule has 32 heavy (non-hydrogen) atoms. The molecule has 0 fully saturated rings. The standard InChI is InChI=1S/C24H19FN4O3/c25-18-5-1-15(2-6-18)21-22(16-9-12-26-13-10-16)28-14-11-20(24(28)27-21)23(30)17-3-7-19(8-4-17)29(31)32/h1-10,12-13,20,23,30H,11,14H2. The lowest BCUT2D eigenvalue weighted by Crippen LogP contribution is -2.09. The number of benzene rings is 2. The number of rotatable bonds is 5. The molecule has 0 radical (unpaired) electrons. The van der Waals surface area contributed by atoms with Crippen molar-refractivity contribution in [2.45, 2.75) is 25.0 Å². The summed E-state index contributed by atoms with van der Waals surface area (Å²) >= 11 is 0. The Hall–Kier alpha value is -3.91. The van der Waals surface area contributed by atoms with E-state index >= 15 is 0 Å². The first kappa shape index (κ1) is 20.0. The van der Waals surface area contributed by atoms with E-state index in [1.165, 1.54) is 24.3 Å². The molecule has 1 aliphatic heterocycles. The molecule has 7 nitrogen and oxygen atoms in total. The predicted octanol–water partition coefficient (Wildman–Crippen LogP) is 4.88. The van der Waals surface area contributed by atoms with Crippen molar-refractivity contribution in [2.24, 2.45) is 0 Å². The number of aliphatic hydroxyl groups excluding tert-OH is 1. The largest absolute Gasteiger partial charge is 0.388 e. The highest BCUT2D eigenvalue weighted by atomic mass is 19.1. The van der Waals surface area contributed by atoms with Crippen molar-refractivity contribution in [3.8, 4) is 22.5 Å². The van der Waals surface area contributed by atoms with Crippen LogP contribution in [0.3, 0.4) is 0 Å². The molecule has 2 unspecified atom stereocenters. The van der Waals surface area contributed by atoms with Gasteiger partial charge in [-0.1, -0.05) is 0 Å². The maximum Gasteiger partial charge on any atom is 0.269 e. The van der Waals surface area contributed by atoms with Crippen molar-refractivity contribution >= 4 is 5.69 Å². The second-order valence-electron chi connectivity index (χ2n) is 7.75. The summed E-state index contributed by atoms with van der Waals surface area (Å²) in [7, 11) is 0. The van der Waals surface area contributed by atoms with Crippen LogP contribution >= 0.6 is 0 Å². The van der Waals surface area contributed by atoms with Crippen LogP contribution in [-0.2, 0) is 6.54 Å². The molecule has 1 aliphatic rings. The number of non-ortho nitro benzene ring substituents is 1. The van der Waals surface area contributed by atoms with Crippen LogP contribution in [0.15, 0.2) is 73.1 Å². The molecule has 8 heteroatoms. The third-order valence-electron chi connectivity index (χ3n) is 5.89. The van der Waals surface area contributed by atoms with Crippen LogP contribution in [0.5, 0.6) is 0 Å². The van der Waals surface area contributed by atoms with Gasteiger partial charge in [-0.2, -0.15) is 0 Å². The molecular formula is C24H19FN4O3. The first-order valence-electron chi connectivity index (χ1n) is 10.2. The van der Waals surface area contributed by atoms with Gasteiger partial charge in [0.1, 0.15) is 11.6 Å². The number of aliphatic hydroxyl groups is 1. The van der Waals surface area contributed by atoms with Gasteiger partial charge in [0.2, 0.25) is 0 Å². The second kappa shape index (κ2) is 7.97. The number of halogens is 1. The molecule has 1 N–H and O–H groups in total. The van der Waals surface area contributed by atoms with Gasteiger partial charge in [-0.05, 0) is 60.5 Å². The number of hydrogen-bond acceptors (Lipinski definition) is 5. The van der Waals surface area contributed by atoms with E-state index in [0.29, 0.717) is 24.2 Å². The van der Waals surface area contributed by atoms with Gasteiger partial charge in [-0.3, -0.25) is 15.1 Å². The Morgan fingerprint density at radius 3 is 2.38 bits per heavy atom. The Morgan fingerprint density at radius 2 is 1.72 bits per heavy atom. The predicted molar refractivity (Wildman–Crippen MR) is 116 cm³/mol. The number of nitro groups is 1. The van der Waals surface area contributed by atoms with Crippen LogP contribution in [0.25, 0.3) is 22.5 Å². The Morgan fingerprint density at radius 1 is 1.03 bits per heavy atom. The van der Waals surface area contributed by atoms with Gasteiger partial charge >= 0.3 is 0 Å². The van der Waals surface area contributed by atoms with E-state index in [2.05, 4.69) is 9.55 Å². The lowest BCUT2D eigenvalue weighted by atomic mass is 9.94. The van der Waals surface area contributed by atoms with E-state index in [1.54, 1.807) is 36.7 Å². The number of nitro benzene ring substituents is 1. The van der Waals surface area contributed by atoms with Gasteiger partial charge < -0.3 is 9.67 Å². The Bertz CT molecular complexity index is 1270. The zero-order valence-electron chi connectivity index (χ0n) is 16.9. The molecule has 0 saturated carbocycles. The topological polar surface area (TPSA) is 94.1 Å². The summed E-state index contributed by atoms with van der Waals surface area (Å²) in [6, 6.07) is 15.9. The van der Waals surface area contributed by atoms with Gasteiger partial charge in [0.25, 0.3) is 5.69 Å². The maximum atomic E-state index is 13.5. The van der Waals surface area contributed by atoms with Gasteiger partial charge in [-0.15, -0.1) is 0 Å². The second-order valence-corrected chi connectivity index (χ2v) is 7.75. The number of aromatic nitrogens is 3. The van der Waals surface area contributed by atoms with Gasteiger partial charge in [0.15, 0.2) is 0 Å². The molecule has 2 aromatic carbocycles. The highest BCUT2D eigenvalue weighted by Gasteiger charge is 2.35. The maximum absolute atomic E-state index is 13.5. The molecule has 0 amide bonds. The highest BCUT2D eigenvalue weighted by Crippen LogP contribution is 2.44. The number of nitrogens with zero attached hydrogens (tertiary/aromatic N) is 4. The number of pyridine rings is 1. The Kier molecular flexibility index (Phi) is 4.99. The van der Waals surface area contributed by atoms with Crippen molar-refractivity contribution in [2.75, 3.05) is 0 Å². The lowest BCUT2D eigenvalue weighted by Gasteiger charge is -2.17. The smallest absolute Gasteiger partial charge is 0.269 e. The summed E-state index contributed by atoms with van der Waals surface area (Å²) in [5.74, 6) is 0.144. The van der Waals surface area contributed by atoms with Crippen molar-refractivity contribution in [1.29, 1.82) is 0 Å². The van der Waals surface area contributed by atoms with E-state index in [1.807, 2.05) is 12.1 Å². The van der Waals surface area contributed by atoms with Gasteiger partial charge in [0.05, 0.1) is 22.4 Å². The Balaban J connectivity index is 1.58. The van der Waals surface area contributed by atoms with Crippen LogP contribution < -0.4 is 0 Å². The summed E-state index contributed by atoms with van der Waals surface area (Å²) in [6.07, 6.45) is 3.25. The average Bonchev–Trinajstić information content (AvgIpc) is 3.39. The van der Waals surface area contributed by atoms with Crippen LogP contribution in [0, 0.1) is 15.9 Å². The minimum atomic E-state index is -0.856. The van der Waals surface area contributed by atoms with E-state index < -0.39 is 11.0 Å². The molecular weight excluding hydrogens is 411 g/mol. The van der Waals surface area contributed by atoms with Crippen molar-refractivity contribution in [3.63, 3.8) is 0 Å². The average molecular weight is 430 g/mol. The summed E-state index contributed by atoms with van der Waals surface area (Å²) in [5.41, 5.74) is 3.91. The van der Waals surface area contributed by atoms with Gasteiger partial charge in [-0.25, -0.2) is 9.37 Å². The minimum absolute atomic E-state index is 0.0209. The Labute approximate surface area is 183 Å². The molecule has 0 bridgehead atoms. The quantitative estimate of drug-likeness (QED) is 0.360. The lowest BCUT2D eigenvalue weighted by molar-refractivity contribution is -0.384. The molecule has 0 spiro atoms. The zero-order chi connectivity index (χ0) is 22.2. The first-order valence-corrected chi connectivity index (χ1v) is 10.2.